The van der Waals surface area contributed by atoms with E-state index in [1.54, 1.807) is 6.07 Å². The van der Waals surface area contributed by atoms with Crippen molar-refractivity contribution in [2.75, 3.05) is 44.2 Å². The van der Waals surface area contributed by atoms with Crippen LogP contribution < -0.4 is 4.90 Å². The lowest BCUT2D eigenvalue weighted by molar-refractivity contribution is -0.138. The first-order valence-corrected chi connectivity index (χ1v) is 11.8. The number of likely N-dealkylation sites (tertiary alicyclic amines) is 1. The molecule has 2 fully saturated rings. The molecule has 2 aromatic rings. The topological polar surface area (TPSA) is 26.8 Å². The van der Waals surface area contributed by atoms with Gasteiger partial charge in [0.15, 0.2) is 0 Å². The van der Waals surface area contributed by atoms with Gasteiger partial charge in [0.05, 0.1) is 5.56 Å². The molecule has 2 heterocycles. The number of anilines is 1. The van der Waals surface area contributed by atoms with Gasteiger partial charge in [0.1, 0.15) is 0 Å². The van der Waals surface area contributed by atoms with Crippen LogP contribution in [0.2, 0.25) is 0 Å². The van der Waals surface area contributed by atoms with E-state index in [0.29, 0.717) is 31.9 Å². The highest BCUT2D eigenvalue weighted by molar-refractivity contribution is 9.10. The SMILES string of the molecule is O=C(C1CCN(Cc2cccc(Br)c2)CC1)N1CCN(c2cccc(C(F)(F)F)c2)CC1. The molecule has 2 saturated heterocycles. The maximum atomic E-state index is 13.0. The van der Waals surface area contributed by atoms with Crippen LogP contribution in [-0.4, -0.2) is 55.0 Å². The number of rotatable bonds is 4. The van der Waals surface area contributed by atoms with Crippen LogP contribution in [0, 0.1) is 5.92 Å². The Bertz CT molecular complexity index is 936. The zero-order chi connectivity index (χ0) is 22.7. The Balaban J connectivity index is 1.26. The summed E-state index contributed by atoms with van der Waals surface area (Å²) in [5, 5.41) is 0. The molecule has 0 spiro atoms. The van der Waals surface area contributed by atoms with Crippen molar-refractivity contribution in [3.8, 4) is 0 Å². The summed E-state index contributed by atoms with van der Waals surface area (Å²) in [7, 11) is 0. The van der Waals surface area contributed by atoms with Crippen molar-refractivity contribution < 1.29 is 18.0 Å². The number of nitrogens with zero attached hydrogens (tertiary/aromatic N) is 3. The van der Waals surface area contributed by atoms with Crippen molar-refractivity contribution in [2.45, 2.75) is 25.6 Å². The molecule has 0 radical (unpaired) electrons. The molecule has 0 bridgehead atoms. The Hall–Kier alpha value is -2.06. The van der Waals surface area contributed by atoms with Gasteiger partial charge in [-0.15, -0.1) is 0 Å². The summed E-state index contributed by atoms with van der Waals surface area (Å²) in [5.41, 5.74) is 1.19. The van der Waals surface area contributed by atoms with Crippen LogP contribution in [0.15, 0.2) is 53.0 Å². The Morgan fingerprint density at radius 2 is 1.62 bits per heavy atom. The molecular formula is C24H27BrF3N3O. The van der Waals surface area contributed by atoms with Gasteiger partial charge >= 0.3 is 6.18 Å². The van der Waals surface area contributed by atoms with Crippen molar-refractivity contribution in [1.29, 1.82) is 0 Å². The summed E-state index contributed by atoms with van der Waals surface area (Å²) in [4.78, 5) is 19.2. The number of carbonyl (C=O) groups is 1. The van der Waals surface area contributed by atoms with Crippen LogP contribution >= 0.6 is 15.9 Å². The highest BCUT2D eigenvalue weighted by atomic mass is 79.9. The molecule has 0 saturated carbocycles. The van der Waals surface area contributed by atoms with Crippen molar-refractivity contribution >= 4 is 27.5 Å². The number of amides is 1. The van der Waals surface area contributed by atoms with E-state index in [1.807, 2.05) is 21.9 Å². The summed E-state index contributed by atoms with van der Waals surface area (Å²) >= 11 is 3.51. The molecule has 2 aliphatic heterocycles. The molecule has 0 unspecified atom stereocenters. The van der Waals surface area contributed by atoms with Gasteiger partial charge < -0.3 is 9.80 Å². The van der Waals surface area contributed by atoms with Gasteiger partial charge in [-0.2, -0.15) is 13.2 Å². The van der Waals surface area contributed by atoms with Crippen LogP contribution in [0.4, 0.5) is 18.9 Å². The number of halogens is 4. The highest BCUT2D eigenvalue weighted by Gasteiger charge is 2.32. The van der Waals surface area contributed by atoms with E-state index >= 15 is 0 Å². The summed E-state index contributed by atoms with van der Waals surface area (Å²) in [6.07, 6.45) is -2.65. The second-order valence-electron chi connectivity index (χ2n) is 8.54. The van der Waals surface area contributed by atoms with Crippen molar-refractivity contribution in [1.82, 2.24) is 9.80 Å². The van der Waals surface area contributed by atoms with Crippen LogP contribution in [-0.2, 0) is 17.5 Å². The Labute approximate surface area is 195 Å². The number of carbonyl (C=O) groups excluding carboxylic acids is 1. The maximum absolute atomic E-state index is 13.0. The lowest BCUT2D eigenvalue weighted by atomic mass is 9.94. The van der Waals surface area contributed by atoms with Gasteiger partial charge in [0.25, 0.3) is 0 Å². The summed E-state index contributed by atoms with van der Waals surface area (Å²) in [6, 6.07) is 13.7. The Morgan fingerprint density at radius 1 is 0.938 bits per heavy atom. The van der Waals surface area contributed by atoms with Crippen molar-refractivity contribution in [2.24, 2.45) is 5.92 Å². The quantitative estimate of drug-likeness (QED) is 0.578. The fraction of sp³-hybridized carbons (Fsp3) is 0.458. The van der Waals surface area contributed by atoms with Gasteiger partial charge in [-0.05, 0) is 61.8 Å². The van der Waals surface area contributed by atoms with Crippen molar-refractivity contribution in [3.63, 3.8) is 0 Å². The number of hydrogen-bond donors (Lipinski definition) is 0. The van der Waals surface area contributed by atoms with Crippen molar-refractivity contribution in [3.05, 3.63) is 64.1 Å². The number of benzene rings is 2. The molecule has 0 aliphatic carbocycles. The fourth-order valence-electron chi connectivity index (χ4n) is 4.55. The van der Waals surface area contributed by atoms with Gasteiger partial charge in [0.2, 0.25) is 5.91 Å². The number of alkyl halides is 3. The lowest BCUT2D eigenvalue weighted by Crippen LogP contribution is -2.51. The molecule has 2 aromatic carbocycles. The van der Waals surface area contributed by atoms with Crippen LogP contribution in [0.25, 0.3) is 0 Å². The smallest absolute Gasteiger partial charge is 0.368 e. The fourth-order valence-corrected chi connectivity index (χ4v) is 5.00. The zero-order valence-electron chi connectivity index (χ0n) is 17.8. The normalized spacial score (nSPS) is 18.8. The third-order valence-electron chi connectivity index (χ3n) is 6.36. The van der Waals surface area contributed by atoms with Crippen LogP contribution in [0.3, 0.4) is 0 Å². The van der Waals surface area contributed by atoms with Gasteiger partial charge in [0, 0.05) is 48.8 Å². The second kappa shape index (κ2) is 9.83. The number of hydrogen-bond acceptors (Lipinski definition) is 3. The largest absolute Gasteiger partial charge is 0.416 e. The third-order valence-corrected chi connectivity index (χ3v) is 6.86. The van der Waals surface area contributed by atoms with Gasteiger partial charge in [-0.1, -0.05) is 34.1 Å². The molecule has 0 aromatic heterocycles. The average molecular weight is 510 g/mol. The van der Waals surface area contributed by atoms with Gasteiger partial charge in [-0.25, -0.2) is 0 Å². The molecule has 1 amide bonds. The predicted molar refractivity (Wildman–Crippen MR) is 122 cm³/mol. The minimum Gasteiger partial charge on any atom is -0.368 e. The van der Waals surface area contributed by atoms with Crippen LogP contribution in [0.1, 0.15) is 24.0 Å². The second-order valence-corrected chi connectivity index (χ2v) is 9.46. The first kappa shape index (κ1) is 23.1. The van der Waals surface area contributed by atoms with Crippen LogP contribution in [0.5, 0.6) is 0 Å². The van der Waals surface area contributed by atoms with E-state index in [2.05, 4.69) is 33.0 Å². The van der Waals surface area contributed by atoms with E-state index in [1.165, 1.54) is 17.7 Å². The number of piperazine rings is 1. The highest BCUT2D eigenvalue weighted by Crippen LogP contribution is 2.32. The van der Waals surface area contributed by atoms with E-state index < -0.39 is 11.7 Å². The monoisotopic (exact) mass is 509 g/mol. The predicted octanol–water partition coefficient (Wildman–Crippen LogP) is 5.03. The molecule has 32 heavy (non-hydrogen) atoms. The van der Waals surface area contributed by atoms with E-state index in [0.717, 1.165) is 43.0 Å². The lowest BCUT2D eigenvalue weighted by Gasteiger charge is -2.39. The van der Waals surface area contributed by atoms with Gasteiger partial charge in [-0.3, -0.25) is 9.69 Å². The summed E-state index contributed by atoms with van der Waals surface area (Å²) in [5.74, 6) is 0.227. The zero-order valence-corrected chi connectivity index (χ0v) is 19.4. The molecule has 4 rings (SSSR count). The molecule has 8 heteroatoms. The summed E-state index contributed by atoms with van der Waals surface area (Å²) < 4.78 is 40.1. The molecule has 0 atom stereocenters. The first-order valence-electron chi connectivity index (χ1n) is 11.0. The average Bonchev–Trinajstić information content (AvgIpc) is 2.79. The molecule has 172 valence electrons. The molecule has 4 nitrogen and oxygen atoms in total. The third kappa shape index (κ3) is 5.64. The minimum absolute atomic E-state index is 0.0360. The summed E-state index contributed by atoms with van der Waals surface area (Å²) in [6.45, 7) is 4.88. The van der Waals surface area contributed by atoms with E-state index in [9.17, 15) is 18.0 Å². The Morgan fingerprint density at radius 3 is 2.28 bits per heavy atom. The van der Waals surface area contributed by atoms with E-state index in [4.69, 9.17) is 0 Å². The first-order chi connectivity index (χ1) is 15.3. The number of piperidine rings is 1. The molecular weight excluding hydrogens is 483 g/mol. The standard InChI is InChI=1S/C24H27BrF3N3O/c25-21-5-1-3-18(15-21)17-29-9-7-19(8-10-29)23(32)31-13-11-30(12-14-31)22-6-2-4-20(16-22)24(26,27)28/h1-6,15-16,19H,7-14,17H2. The van der Waals surface area contributed by atoms with E-state index in [-0.39, 0.29) is 11.8 Å². The maximum Gasteiger partial charge on any atom is 0.416 e. The minimum atomic E-state index is -4.35. The molecule has 0 N–H and O–H groups in total. The Kier molecular flexibility index (Phi) is 7.10. The molecule has 2 aliphatic rings.